The van der Waals surface area contributed by atoms with Crippen LogP contribution in [0, 0.1) is 0 Å². The number of sulfone groups is 1. The van der Waals surface area contributed by atoms with Gasteiger partial charge in [0.15, 0.2) is 9.84 Å². The zero-order chi connectivity index (χ0) is 17.9. The minimum Gasteiger partial charge on any atom is -0.348 e. The molecular formula is C19H18N2O3S. The Hall–Kier alpha value is -2.86. The molecule has 5 nitrogen and oxygen atoms in total. The van der Waals surface area contributed by atoms with Crippen molar-refractivity contribution in [2.45, 2.75) is 11.4 Å². The molecule has 0 fully saturated rings. The van der Waals surface area contributed by atoms with Crippen molar-refractivity contribution >= 4 is 15.7 Å². The van der Waals surface area contributed by atoms with Crippen LogP contribution in [0.15, 0.2) is 78.0 Å². The highest BCUT2D eigenvalue weighted by atomic mass is 32.2. The number of benzene rings is 2. The van der Waals surface area contributed by atoms with Crippen molar-refractivity contribution in [2.24, 2.45) is 0 Å². The Morgan fingerprint density at radius 3 is 2.32 bits per heavy atom. The maximum Gasteiger partial charge on any atom is 0.251 e. The van der Waals surface area contributed by atoms with Crippen molar-refractivity contribution in [3.63, 3.8) is 0 Å². The molecule has 0 radical (unpaired) electrons. The maximum absolute atomic E-state index is 12.3. The van der Waals surface area contributed by atoms with Crippen molar-refractivity contribution in [1.82, 2.24) is 9.88 Å². The van der Waals surface area contributed by atoms with Crippen LogP contribution < -0.4 is 5.32 Å². The molecule has 0 aliphatic heterocycles. The Labute approximate surface area is 146 Å². The molecule has 0 bridgehead atoms. The number of carbonyl (C=O) groups is 1. The summed E-state index contributed by atoms with van der Waals surface area (Å²) in [5.74, 6) is -0.179. The van der Waals surface area contributed by atoms with E-state index in [2.05, 4.69) is 5.32 Å². The van der Waals surface area contributed by atoms with Gasteiger partial charge in [-0.15, -0.1) is 0 Å². The molecule has 2 aromatic carbocycles. The number of nitrogens with zero attached hydrogens (tertiary/aromatic N) is 1. The van der Waals surface area contributed by atoms with Gasteiger partial charge < -0.3 is 9.88 Å². The smallest absolute Gasteiger partial charge is 0.251 e. The Morgan fingerprint density at radius 1 is 1.00 bits per heavy atom. The molecule has 6 heteroatoms. The molecule has 0 saturated heterocycles. The SMILES string of the molecule is CS(=O)(=O)c1ccc(CNC(=O)c2cccc(-n3cccc3)c2)cc1. The van der Waals surface area contributed by atoms with Gasteiger partial charge in [0.1, 0.15) is 0 Å². The Bertz CT molecular complexity index is 976. The van der Waals surface area contributed by atoms with Gasteiger partial charge in [0, 0.05) is 36.4 Å². The van der Waals surface area contributed by atoms with E-state index in [1.165, 1.54) is 6.26 Å². The highest BCUT2D eigenvalue weighted by Crippen LogP contribution is 2.12. The lowest BCUT2D eigenvalue weighted by Crippen LogP contribution is -2.22. The summed E-state index contributed by atoms with van der Waals surface area (Å²) in [4.78, 5) is 12.6. The van der Waals surface area contributed by atoms with Crippen molar-refractivity contribution in [3.05, 3.63) is 84.2 Å². The molecule has 128 valence electrons. The van der Waals surface area contributed by atoms with Crippen molar-refractivity contribution in [1.29, 1.82) is 0 Å². The zero-order valence-corrected chi connectivity index (χ0v) is 14.5. The summed E-state index contributed by atoms with van der Waals surface area (Å²) in [6.07, 6.45) is 5.00. The second-order valence-electron chi connectivity index (χ2n) is 5.74. The van der Waals surface area contributed by atoms with Crippen molar-refractivity contribution in [3.8, 4) is 5.69 Å². The summed E-state index contributed by atoms with van der Waals surface area (Å²) in [5, 5.41) is 2.85. The molecule has 25 heavy (non-hydrogen) atoms. The Kier molecular flexibility index (Phi) is 4.72. The third-order valence-corrected chi connectivity index (χ3v) is 4.94. The summed E-state index contributed by atoms with van der Waals surface area (Å²) in [6, 6.07) is 17.7. The monoisotopic (exact) mass is 354 g/mol. The van der Waals surface area contributed by atoms with Gasteiger partial charge in [-0.2, -0.15) is 0 Å². The summed E-state index contributed by atoms with van der Waals surface area (Å²) in [7, 11) is -3.21. The molecular weight excluding hydrogens is 336 g/mol. The van der Waals surface area contributed by atoms with Crippen LogP contribution in [-0.4, -0.2) is 25.1 Å². The van der Waals surface area contributed by atoms with Gasteiger partial charge in [0.2, 0.25) is 0 Å². The number of amides is 1. The number of hydrogen-bond acceptors (Lipinski definition) is 3. The molecule has 0 unspecified atom stereocenters. The lowest BCUT2D eigenvalue weighted by molar-refractivity contribution is 0.0951. The van der Waals surface area contributed by atoms with Crippen LogP contribution in [0.2, 0.25) is 0 Å². The number of hydrogen-bond donors (Lipinski definition) is 1. The van der Waals surface area contributed by atoms with Crippen LogP contribution in [0.5, 0.6) is 0 Å². The lowest BCUT2D eigenvalue weighted by atomic mass is 10.1. The molecule has 1 N–H and O–H groups in total. The maximum atomic E-state index is 12.3. The fourth-order valence-electron chi connectivity index (χ4n) is 2.45. The van der Waals surface area contributed by atoms with Crippen LogP contribution in [0.1, 0.15) is 15.9 Å². The van der Waals surface area contributed by atoms with Gasteiger partial charge in [-0.3, -0.25) is 4.79 Å². The predicted octanol–water partition coefficient (Wildman–Crippen LogP) is 2.81. The summed E-state index contributed by atoms with van der Waals surface area (Å²) in [5.41, 5.74) is 2.32. The van der Waals surface area contributed by atoms with Crippen LogP contribution in [-0.2, 0) is 16.4 Å². The number of rotatable bonds is 5. The average molecular weight is 354 g/mol. The Morgan fingerprint density at radius 2 is 1.68 bits per heavy atom. The average Bonchev–Trinajstić information content (AvgIpc) is 3.14. The van der Waals surface area contributed by atoms with Gasteiger partial charge in [-0.25, -0.2) is 8.42 Å². The number of carbonyl (C=O) groups excluding carboxylic acids is 1. The molecule has 0 aliphatic rings. The first-order chi connectivity index (χ1) is 11.9. The second-order valence-corrected chi connectivity index (χ2v) is 7.76. The van der Waals surface area contributed by atoms with E-state index in [0.717, 1.165) is 11.3 Å². The molecule has 3 rings (SSSR count). The van der Waals surface area contributed by atoms with E-state index >= 15 is 0 Å². The lowest BCUT2D eigenvalue weighted by Gasteiger charge is -2.08. The van der Waals surface area contributed by atoms with Crippen LogP contribution >= 0.6 is 0 Å². The van der Waals surface area contributed by atoms with Crippen LogP contribution in [0.25, 0.3) is 5.69 Å². The number of aromatic nitrogens is 1. The van der Waals surface area contributed by atoms with E-state index in [1.807, 2.05) is 47.3 Å². The standard InChI is InChI=1S/C19H18N2O3S/c1-25(23,24)18-9-7-15(8-10-18)14-20-19(22)16-5-4-6-17(13-16)21-11-2-3-12-21/h2-13H,14H2,1H3,(H,20,22). The minimum atomic E-state index is -3.21. The first-order valence-electron chi connectivity index (χ1n) is 7.74. The van der Waals surface area contributed by atoms with Gasteiger partial charge in [0.05, 0.1) is 4.90 Å². The third-order valence-electron chi connectivity index (χ3n) is 3.82. The highest BCUT2D eigenvalue weighted by Gasteiger charge is 2.08. The molecule has 0 spiro atoms. The predicted molar refractivity (Wildman–Crippen MR) is 96.5 cm³/mol. The first-order valence-corrected chi connectivity index (χ1v) is 9.63. The van der Waals surface area contributed by atoms with Crippen LogP contribution in [0.3, 0.4) is 0 Å². The zero-order valence-electron chi connectivity index (χ0n) is 13.7. The van der Waals surface area contributed by atoms with Gasteiger partial charge in [-0.05, 0) is 48.0 Å². The largest absolute Gasteiger partial charge is 0.348 e. The van der Waals surface area contributed by atoms with E-state index in [1.54, 1.807) is 30.3 Å². The fourth-order valence-corrected chi connectivity index (χ4v) is 3.08. The highest BCUT2D eigenvalue weighted by molar-refractivity contribution is 7.90. The second kappa shape index (κ2) is 6.94. The first kappa shape index (κ1) is 17.0. The summed E-state index contributed by atoms with van der Waals surface area (Å²) in [6.45, 7) is 0.330. The summed E-state index contributed by atoms with van der Waals surface area (Å²) < 4.78 is 24.8. The molecule has 1 aromatic heterocycles. The molecule has 0 saturated carbocycles. The Balaban J connectivity index is 1.68. The molecule has 0 aliphatic carbocycles. The fraction of sp³-hybridized carbons (Fsp3) is 0.105. The normalized spacial score (nSPS) is 11.2. The van der Waals surface area contributed by atoms with Crippen molar-refractivity contribution < 1.29 is 13.2 Å². The molecule has 1 heterocycles. The number of nitrogens with one attached hydrogen (secondary N) is 1. The van der Waals surface area contributed by atoms with E-state index < -0.39 is 9.84 Å². The van der Waals surface area contributed by atoms with Gasteiger partial charge in [0.25, 0.3) is 5.91 Å². The van der Waals surface area contributed by atoms with Gasteiger partial charge in [-0.1, -0.05) is 18.2 Å². The molecule has 0 atom stereocenters. The van der Waals surface area contributed by atoms with E-state index in [9.17, 15) is 13.2 Å². The van der Waals surface area contributed by atoms with E-state index in [4.69, 9.17) is 0 Å². The van der Waals surface area contributed by atoms with Gasteiger partial charge >= 0.3 is 0 Å². The van der Waals surface area contributed by atoms with E-state index in [0.29, 0.717) is 12.1 Å². The summed E-state index contributed by atoms with van der Waals surface area (Å²) >= 11 is 0. The quantitative estimate of drug-likeness (QED) is 0.766. The van der Waals surface area contributed by atoms with Crippen molar-refractivity contribution in [2.75, 3.05) is 6.26 Å². The molecule has 1 amide bonds. The minimum absolute atomic E-state index is 0.179. The van der Waals surface area contributed by atoms with Crippen LogP contribution in [0.4, 0.5) is 0 Å². The third kappa shape index (κ3) is 4.16. The molecule has 3 aromatic rings. The topological polar surface area (TPSA) is 68.2 Å². The van der Waals surface area contributed by atoms with E-state index in [-0.39, 0.29) is 10.8 Å².